The van der Waals surface area contributed by atoms with Gasteiger partial charge in [-0.15, -0.1) is 0 Å². The first-order chi connectivity index (χ1) is 10.5. The average Bonchev–Trinajstić information content (AvgIpc) is 3.11. The van der Waals surface area contributed by atoms with E-state index in [9.17, 15) is 9.90 Å². The molecule has 2 heterocycles. The zero-order valence-corrected chi connectivity index (χ0v) is 13.5. The molecule has 3 atom stereocenters. The second-order valence-corrected chi connectivity index (χ2v) is 6.55. The Kier molecular flexibility index (Phi) is 4.78. The van der Waals surface area contributed by atoms with Crippen molar-refractivity contribution in [2.75, 3.05) is 19.6 Å². The SMILES string of the molecule is O=C(C1CC(O)CN1)N1CCC(Oc2ccc(Cl)c(Cl)c2)C1. The van der Waals surface area contributed by atoms with Crippen molar-refractivity contribution in [1.29, 1.82) is 0 Å². The van der Waals surface area contributed by atoms with Gasteiger partial charge in [-0.2, -0.15) is 0 Å². The van der Waals surface area contributed by atoms with Gasteiger partial charge < -0.3 is 20.1 Å². The van der Waals surface area contributed by atoms with Crippen LogP contribution < -0.4 is 10.1 Å². The Hall–Kier alpha value is -1.01. The molecule has 2 saturated heterocycles. The molecule has 2 fully saturated rings. The fraction of sp³-hybridized carbons (Fsp3) is 0.533. The largest absolute Gasteiger partial charge is 0.488 e. The van der Waals surface area contributed by atoms with Crippen LogP contribution in [0.1, 0.15) is 12.8 Å². The monoisotopic (exact) mass is 344 g/mol. The van der Waals surface area contributed by atoms with Crippen molar-refractivity contribution in [2.24, 2.45) is 0 Å². The van der Waals surface area contributed by atoms with Crippen LogP contribution in [-0.2, 0) is 4.79 Å². The summed E-state index contributed by atoms with van der Waals surface area (Å²) >= 11 is 11.8. The first-order valence-corrected chi connectivity index (χ1v) is 8.10. The van der Waals surface area contributed by atoms with Gasteiger partial charge in [0.15, 0.2) is 0 Å². The summed E-state index contributed by atoms with van der Waals surface area (Å²) in [6, 6.07) is 4.87. The van der Waals surface area contributed by atoms with Crippen LogP contribution in [0.4, 0.5) is 0 Å². The van der Waals surface area contributed by atoms with Crippen molar-refractivity contribution in [2.45, 2.75) is 31.1 Å². The highest BCUT2D eigenvalue weighted by atomic mass is 35.5. The number of carbonyl (C=O) groups excluding carboxylic acids is 1. The number of hydrogen-bond acceptors (Lipinski definition) is 4. The third-order valence-electron chi connectivity index (χ3n) is 4.06. The molecule has 1 amide bonds. The van der Waals surface area contributed by atoms with Crippen molar-refractivity contribution in [3.63, 3.8) is 0 Å². The predicted molar refractivity (Wildman–Crippen MR) is 84.5 cm³/mol. The van der Waals surface area contributed by atoms with Crippen LogP contribution in [0.5, 0.6) is 5.75 Å². The van der Waals surface area contributed by atoms with E-state index in [2.05, 4.69) is 5.32 Å². The summed E-state index contributed by atoms with van der Waals surface area (Å²) in [4.78, 5) is 14.1. The van der Waals surface area contributed by atoms with E-state index in [1.807, 2.05) is 0 Å². The number of nitrogens with zero attached hydrogens (tertiary/aromatic N) is 1. The molecular formula is C15H18Cl2N2O3. The Labute approximate surface area is 139 Å². The lowest BCUT2D eigenvalue weighted by Gasteiger charge is -2.21. The van der Waals surface area contributed by atoms with Crippen molar-refractivity contribution in [3.05, 3.63) is 28.2 Å². The number of ether oxygens (including phenoxy) is 1. The van der Waals surface area contributed by atoms with E-state index in [0.29, 0.717) is 41.8 Å². The average molecular weight is 345 g/mol. The lowest BCUT2D eigenvalue weighted by Crippen LogP contribution is -2.43. The lowest BCUT2D eigenvalue weighted by atomic mass is 10.2. The molecule has 3 rings (SSSR count). The molecule has 5 nitrogen and oxygen atoms in total. The molecule has 1 aromatic carbocycles. The summed E-state index contributed by atoms with van der Waals surface area (Å²) in [6.45, 7) is 1.69. The molecule has 0 saturated carbocycles. The highest BCUT2D eigenvalue weighted by Crippen LogP contribution is 2.28. The molecule has 22 heavy (non-hydrogen) atoms. The number of β-amino-alcohol motifs (C(OH)–C–C–N with tert-alkyl or cyclic N) is 1. The summed E-state index contributed by atoms with van der Waals surface area (Å²) in [6.07, 6.45) is 0.780. The van der Waals surface area contributed by atoms with Gasteiger partial charge in [-0.3, -0.25) is 4.79 Å². The summed E-state index contributed by atoms with van der Waals surface area (Å²) < 4.78 is 5.87. The van der Waals surface area contributed by atoms with Gasteiger partial charge in [0.25, 0.3) is 0 Å². The van der Waals surface area contributed by atoms with Crippen LogP contribution in [0, 0.1) is 0 Å². The minimum atomic E-state index is -0.431. The number of halogens is 2. The number of amides is 1. The molecule has 0 aliphatic carbocycles. The van der Waals surface area contributed by atoms with E-state index >= 15 is 0 Å². The molecule has 3 unspecified atom stereocenters. The van der Waals surface area contributed by atoms with E-state index in [1.165, 1.54) is 0 Å². The minimum Gasteiger partial charge on any atom is -0.488 e. The second kappa shape index (κ2) is 6.62. The molecule has 2 N–H and O–H groups in total. The van der Waals surface area contributed by atoms with Gasteiger partial charge in [-0.05, 0) is 18.6 Å². The number of rotatable bonds is 3. The summed E-state index contributed by atoms with van der Waals surface area (Å²) in [7, 11) is 0. The van der Waals surface area contributed by atoms with Crippen molar-refractivity contribution >= 4 is 29.1 Å². The highest BCUT2D eigenvalue weighted by Gasteiger charge is 2.35. The van der Waals surface area contributed by atoms with Gasteiger partial charge >= 0.3 is 0 Å². The topological polar surface area (TPSA) is 61.8 Å². The van der Waals surface area contributed by atoms with E-state index < -0.39 is 6.10 Å². The maximum Gasteiger partial charge on any atom is 0.239 e. The first-order valence-electron chi connectivity index (χ1n) is 7.35. The minimum absolute atomic E-state index is 0.0387. The maximum absolute atomic E-state index is 12.3. The van der Waals surface area contributed by atoms with Gasteiger partial charge in [0.05, 0.1) is 28.7 Å². The fourth-order valence-corrected chi connectivity index (χ4v) is 3.18. The van der Waals surface area contributed by atoms with Gasteiger partial charge in [-0.25, -0.2) is 0 Å². The lowest BCUT2D eigenvalue weighted by molar-refractivity contribution is -0.132. The summed E-state index contributed by atoms with van der Waals surface area (Å²) in [5.41, 5.74) is 0. The summed E-state index contributed by atoms with van der Waals surface area (Å²) in [5, 5.41) is 13.5. The number of aliphatic hydroxyl groups excluding tert-OH is 1. The molecule has 7 heteroatoms. The maximum atomic E-state index is 12.3. The quantitative estimate of drug-likeness (QED) is 0.875. The van der Waals surface area contributed by atoms with Gasteiger partial charge in [-0.1, -0.05) is 23.2 Å². The van der Waals surface area contributed by atoms with E-state index in [0.717, 1.165) is 6.42 Å². The van der Waals surface area contributed by atoms with Gasteiger partial charge in [0.1, 0.15) is 11.9 Å². The van der Waals surface area contributed by atoms with Crippen molar-refractivity contribution < 1.29 is 14.6 Å². The number of benzene rings is 1. The second-order valence-electron chi connectivity index (χ2n) is 5.74. The van der Waals surface area contributed by atoms with E-state index in [-0.39, 0.29) is 18.1 Å². The Bertz CT molecular complexity index is 570. The van der Waals surface area contributed by atoms with Crippen LogP contribution in [-0.4, -0.2) is 53.8 Å². The Morgan fingerprint density at radius 1 is 1.36 bits per heavy atom. The molecule has 0 spiro atoms. The molecule has 2 aliphatic rings. The number of aliphatic hydroxyl groups is 1. The number of nitrogens with one attached hydrogen (secondary N) is 1. The van der Waals surface area contributed by atoms with Crippen molar-refractivity contribution in [1.82, 2.24) is 10.2 Å². The fourth-order valence-electron chi connectivity index (χ4n) is 2.89. The van der Waals surface area contributed by atoms with Crippen molar-refractivity contribution in [3.8, 4) is 5.75 Å². The molecule has 2 aliphatic heterocycles. The molecule has 1 aromatic rings. The Morgan fingerprint density at radius 2 is 2.18 bits per heavy atom. The summed E-state index contributed by atoms with van der Waals surface area (Å²) in [5.74, 6) is 0.694. The van der Waals surface area contributed by atoms with E-state index in [1.54, 1.807) is 23.1 Å². The Balaban J connectivity index is 1.55. The smallest absolute Gasteiger partial charge is 0.239 e. The van der Waals surface area contributed by atoms with Crippen LogP contribution in [0.25, 0.3) is 0 Å². The predicted octanol–water partition coefficient (Wildman–Crippen LogP) is 1.70. The molecular weight excluding hydrogens is 327 g/mol. The zero-order valence-electron chi connectivity index (χ0n) is 12.0. The molecule has 0 aromatic heterocycles. The number of likely N-dealkylation sites (tertiary alicyclic amines) is 1. The first kappa shape index (κ1) is 15.9. The van der Waals surface area contributed by atoms with Crippen LogP contribution in [0.15, 0.2) is 18.2 Å². The zero-order chi connectivity index (χ0) is 15.7. The number of carbonyl (C=O) groups is 1. The third-order valence-corrected chi connectivity index (χ3v) is 4.80. The molecule has 0 radical (unpaired) electrons. The highest BCUT2D eigenvalue weighted by molar-refractivity contribution is 6.42. The molecule has 120 valence electrons. The molecule has 0 bridgehead atoms. The standard InChI is InChI=1S/C15H18Cl2N2O3/c16-12-2-1-10(6-13(12)17)22-11-3-4-19(8-11)15(21)14-5-9(20)7-18-14/h1-2,6,9,11,14,18,20H,3-5,7-8H2. The Morgan fingerprint density at radius 3 is 2.86 bits per heavy atom. The normalized spacial score (nSPS) is 28.1. The number of hydrogen-bond donors (Lipinski definition) is 2. The third kappa shape index (κ3) is 3.49. The van der Waals surface area contributed by atoms with Gasteiger partial charge in [0, 0.05) is 25.6 Å². The van der Waals surface area contributed by atoms with E-state index in [4.69, 9.17) is 27.9 Å². The van der Waals surface area contributed by atoms with Crippen LogP contribution in [0.3, 0.4) is 0 Å². The van der Waals surface area contributed by atoms with Crippen LogP contribution >= 0.6 is 23.2 Å². The van der Waals surface area contributed by atoms with Crippen LogP contribution in [0.2, 0.25) is 10.0 Å². The van der Waals surface area contributed by atoms with Gasteiger partial charge in [0.2, 0.25) is 5.91 Å².